The fraction of sp³-hybridized carbons (Fsp3) is 0.107. The Morgan fingerprint density at radius 1 is 0.767 bits per heavy atom. The highest BCUT2D eigenvalue weighted by Gasteiger charge is 2.46. The first-order valence-electron chi connectivity index (χ1n) is 10.2. The molecule has 0 unspecified atom stereocenters. The number of amides is 1. The average Bonchev–Trinajstić information content (AvgIpc) is 3.06. The van der Waals surface area contributed by atoms with Crippen LogP contribution in [0.2, 0.25) is 0 Å². The molecule has 5 rings (SSSR count). The zero-order chi connectivity index (χ0) is 20.4. The highest BCUT2D eigenvalue weighted by molar-refractivity contribution is 6.06. The number of carbonyl (C=O) groups is 1. The molecule has 1 atom stereocenters. The standard InChI is InChI=1S/C28H21NO/c30-27-28(20-21-10-2-1-3-11-21,25-17-6-7-18-26(25)29-27)19-9-15-23-14-8-13-22-12-4-5-16-24(22)23/h1-8,10-14,16-18H,19-20H2,(H,29,30)/t28-/m0/s1. The Morgan fingerprint density at radius 3 is 2.40 bits per heavy atom. The van der Waals surface area contributed by atoms with Crippen LogP contribution in [-0.2, 0) is 16.6 Å². The largest absolute Gasteiger partial charge is 0.325 e. The summed E-state index contributed by atoms with van der Waals surface area (Å²) in [5, 5.41) is 5.39. The van der Waals surface area contributed by atoms with E-state index in [2.05, 4.69) is 53.6 Å². The molecule has 2 heteroatoms. The van der Waals surface area contributed by atoms with E-state index in [9.17, 15) is 4.79 Å². The van der Waals surface area contributed by atoms with Gasteiger partial charge in [-0.3, -0.25) is 4.79 Å². The number of anilines is 1. The SMILES string of the molecule is O=C1Nc2ccccc2[C@]1(CC#Cc1cccc2ccccc12)Cc1ccccc1. The zero-order valence-corrected chi connectivity index (χ0v) is 16.6. The smallest absolute Gasteiger partial charge is 0.236 e. The fourth-order valence-corrected chi connectivity index (χ4v) is 4.36. The summed E-state index contributed by atoms with van der Waals surface area (Å²) >= 11 is 0. The second kappa shape index (κ2) is 7.54. The Balaban J connectivity index is 1.56. The summed E-state index contributed by atoms with van der Waals surface area (Å²) in [7, 11) is 0. The molecule has 0 aliphatic carbocycles. The van der Waals surface area contributed by atoms with Crippen molar-refractivity contribution in [1.82, 2.24) is 0 Å². The molecule has 0 spiro atoms. The van der Waals surface area contributed by atoms with E-state index < -0.39 is 5.41 Å². The summed E-state index contributed by atoms with van der Waals surface area (Å²) in [5.41, 5.74) is 3.37. The van der Waals surface area contributed by atoms with E-state index in [0.717, 1.165) is 27.8 Å². The van der Waals surface area contributed by atoms with Gasteiger partial charge in [0.15, 0.2) is 0 Å². The second-order valence-electron chi connectivity index (χ2n) is 7.75. The maximum Gasteiger partial charge on any atom is 0.236 e. The molecule has 1 N–H and O–H groups in total. The third kappa shape index (κ3) is 3.15. The van der Waals surface area contributed by atoms with Crippen LogP contribution in [0.4, 0.5) is 5.69 Å². The highest BCUT2D eigenvalue weighted by Crippen LogP contribution is 2.42. The summed E-state index contributed by atoms with van der Waals surface area (Å²) in [6.45, 7) is 0. The van der Waals surface area contributed by atoms with Gasteiger partial charge in [-0.1, -0.05) is 96.8 Å². The molecule has 0 fully saturated rings. The van der Waals surface area contributed by atoms with Gasteiger partial charge in [0.2, 0.25) is 5.91 Å². The molecule has 0 saturated carbocycles. The molecule has 144 valence electrons. The monoisotopic (exact) mass is 387 g/mol. The summed E-state index contributed by atoms with van der Waals surface area (Å²) in [6, 6.07) is 32.6. The first-order chi connectivity index (χ1) is 14.8. The van der Waals surface area contributed by atoms with Crippen molar-refractivity contribution in [1.29, 1.82) is 0 Å². The molecule has 1 heterocycles. The number of carbonyl (C=O) groups excluding carboxylic acids is 1. The van der Waals surface area contributed by atoms with Crippen LogP contribution in [-0.4, -0.2) is 5.91 Å². The van der Waals surface area contributed by atoms with E-state index in [0.29, 0.717) is 12.8 Å². The van der Waals surface area contributed by atoms with Crippen LogP contribution < -0.4 is 5.32 Å². The number of para-hydroxylation sites is 1. The second-order valence-corrected chi connectivity index (χ2v) is 7.75. The van der Waals surface area contributed by atoms with E-state index >= 15 is 0 Å². The minimum absolute atomic E-state index is 0.0276. The summed E-state index contributed by atoms with van der Waals surface area (Å²) in [6.07, 6.45) is 1.09. The van der Waals surface area contributed by atoms with Crippen molar-refractivity contribution in [3.63, 3.8) is 0 Å². The first kappa shape index (κ1) is 18.2. The molecule has 2 nitrogen and oxygen atoms in total. The van der Waals surface area contributed by atoms with Gasteiger partial charge in [-0.05, 0) is 40.5 Å². The van der Waals surface area contributed by atoms with Crippen molar-refractivity contribution in [2.45, 2.75) is 18.3 Å². The van der Waals surface area contributed by atoms with Gasteiger partial charge >= 0.3 is 0 Å². The molecule has 1 amide bonds. The predicted octanol–water partition coefficient (Wildman–Crippen LogP) is 5.71. The van der Waals surface area contributed by atoms with Crippen molar-refractivity contribution in [2.75, 3.05) is 5.32 Å². The third-order valence-electron chi connectivity index (χ3n) is 5.88. The van der Waals surface area contributed by atoms with E-state index in [-0.39, 0.29) is 5.91 Å². The molecule has 1 aliphatic rings. The molecule has 0 saturated heterocycles. The van der Waals surface area contributed by atoms with Gasteiger partial charge in [-0.25, -0.2) is 0 Å². The predicted molar refractivity (Wildman–Crippen MR) is 122 cm³/mol. The Bertz CT molecular complexity index is 1290. The Hall–Kier alpha value is -3.83. The van der Waals surface area contributed by atoms with Gasteiger partial charge < -0.3 is 5.32 Å². The van der Waals surface area contributed by atoms with Crippen molar-refractivity contribution in [2.24, 2.45) is 0 Å². The van der Waals surface area contributed by atoms with Crippen LogP contribution in [0.5, 0.6) is 0 Å². The van der Waals surface area contributed by atoms with Gasteiger partial charge in [-0.2, -0.15) is 0 Å². The van der Waals surface area contributed by atoms with E-state index in [1.54, 1.807) is 0 Å². The Morgan fingerprint density at radius 2 is 1.50 bits per heavy atom. The van der Waals surface area contributed by atoms with Gasteiger partial charge in [0.25, 0.3) is 0 Å². The summed E-state index contributed by atoms with van der Waals surface area (Å²) in [4.78, 5) is 13.2. The van der Waals surface area contributed by atoms with Gasteiger partial charge in [-0.15, -0.1) is 0 Å². The van der Waals surface area contributed by atoms with Crippen LogP contribution in [0, 0.1) is 11.8 Å². The zero-order valence-electron chi connectivity index (χ0n) is 16.6. The summed E-state index contributed by atoms with van der Waals surface area (Å²) < 4.78 is 0. The fourth-order valence-electron chi connectivity index (χ4n) is 4.36. The normalized spacial score (nSPS) is 17.1. The third-order valence-corrected chi connectivity index (χ3v) is 5.88. The van der Waals surface area contributed by atoms with Crippen LogP contribution in [0.1, 0.15) is 23.1 Å². The molecule has 1 aliphatic heterocycles. The minimum atomic E-state index is -0.685. The van der Waals surface area contributed by atoms with Gasteiger partial charge in [0.1, 0.15) is 0 Å². The van der Waals surface area contributed by atoms with Crippen molar-refractivity contribution in [3.8, 4) is 11.8 Å². The quantitative estimate of drug-likeness (QED) is 0.448. The van der Waals surface area contributed by atoms with Crippen LogP contribution in [0.15, 0.2) is 97.1 Å². The summed E-state index contributed by atoms with van der Waals surface area (Å²) in [5.74, 6) is 6.73. The molecule has 0 radical (unpaired) electrons. The number of hydrogen-bond acceptors (Lipinski definition) is 1. The minimum Gasteiger partial charge on any atom is -0.325 e. The van der Waals surface area contributed by atoms with Gasteiger partial charge in [0, 0.05) is 17.7 Å². The van der Waals surface area contributed by atoms with Crippen molar-refractivity contribution < 1.29 is 4.79 Å². The maximum atomic E-state index is 13.2. The average molecular weight is 387 g/mol. The lowest BCUT2D eigenvalue weighted by atomic mass is 9.74. The number of hydrogen-bond donors (Lipinski definition) is 1. The molecule has 0 bridgehead atoms. The Kier molecular flexibility index (Phi) is 4.58. The first-order valence-corrected chi connectivity index (χ1v) is 10.2. The lowest BCUT2D eigenvalue weighted by Crippen LogP contribution is -2.36. The molecule has 0 aromatic heterocycles. The number of nitrogens with one attached hydrogen (secondary N) is 1. The van der Waals surface area contributed by atoms with E-state index in [4.69, 9.17) is 0 Å². The van der Waals surface area contributed by atoms with Crippen LogP contribution >= 0.6 is 0 Å². The number of fused-ring (bicyclic) bond motifs is 2. The van der Waals surface area contributed by atoms with E-state index in [1.807, 2.05) is 60.7 Å². The number of rotatable bonds is 3. The topological polar surface area (TPSA) is 29.1 Å². The maximum absolute atomic E-state index is 13.2. The van der Waals surface area contributed by atoms with Crippen LogP contribution in [0.25, 0.3) is 10.8 Å². The van der Waals surface area contributed by atoms with Crippen LogP contribution in [0.3, 0.4) is 0 Å². The van der Waals surface area contributed by atoms with Gasteiger partial charge in [0.05, 0.1) is 5.41 Å². The van der Waals surface area contributed by atoms with E-state index in [1.165, 1.54) is 5.39 Å². The Labute approximate surface area is 176 Å². The number of benzene rings is 4. The lowest BCUT2D eigenvalue weighted by molar-refractivity contribution is -0.120. The highest BCUT2D eigenvalue weighted by atomic mass is 16.2. The molecule has 4 aromatic carbocycles. The molecular formula is C28H21NO. The molecular weight excluding hydrogens is 366 g/mol. The molecule has 4 aromatic rings. The van der Waals surface area contributed by atoms with Crippen molar-refractivity contribution in [3.05, 3.63) is 114 Å². The van der Waals surface area contributed by atoms with Crippen molar-refractivity contribution >= 4 is 22.4 Å². The lowest BCUT2D eigenvalue weighted by Gasteiger charge is -2.25. The molecule has 30 heavy (non-hydrogen) atoms.